The van der Waals surface area contributed by atoms with Crippen LogP contribution in [0.4, 0.5) is 5.69 Å². The van der Waals surface area contributed by atoms with Crippen molar-refractivity contribution in [2.75, 3.05) is 17.3 Å². The number of nitrogens with one attached hydrogen (secondary N) is 1. The number of anilines is 1. The fourth-order valence-corrected chi connectivity index (χ4v) is 2.48. The highest BCUT2D eigenvalue weighted by Crippen LogP contribution is 2.23. The van der Waals surface area contributed by atoms with Crippen LogP contribution in [0.15, 0.2) is 40.9 Å². The Morgan fingerprint density at radius 2 is 1.94 bits per heavy atom. The van der Waals surface area contributed by atoms with Crippen LogP contribution in [0, 0.1) is 0 Å². The van der Waals surface area contributed by atoms with E-state index in [0.717, 1.165) is 26.7 Å². The van der Waals surface area contributed by atoms with Crippen LogP contribution in [-0.2, 0) is 4.79 Å². The molecule has 0 aliphatic carbocycles. The standard InChI is InChI=1S/C14H14BrNOS/c1-18-7-6-14(17)16-13-5-3-10-8-12(15)4-2-11(10)9-13/h2-5,8-9H,6-7H2,1H3,(H,16,17). The maximum atomic E-state index is 11.6. The molecule has 0 aliphatic heterocycles. The predicted octanol–water partition coefficient (Wildman–Crippen LogP) is 4.29. The highest BCUT2D eigenvalue weighted by molar-refractivity contribution is 9.10. The molecule has 0 spiro atoms. The minimum Gasteiger partial charge on any atom is -0.326 e. The zero-order valence-electron chi connectivity index (χ0n) is 10.1. The number of fused-ring (bicyclic) bond motifs is 1. The van der Waals surface area contributed by atoms with Crippen molar-refractivity contribution >= 4 is 50.1 Å². The first kappa shape index (κ1) is 13.4. The molecule has 0 aliphatic rings. The van der Waals surface area contributed by atoms with E-state index < -0.39 is 0 Å². The summed E-state index contributed by atoms with van der Waals surface area (Å²) >= 11 is 5.13. The Bertz CT molecular complexity index is 571. The molecule has 2 nitrogen and oxygen atoms in total. The average molecular weight is 324 g/mol. The Labute approximate surface area is 119 Å². The number of rotatable bonds is 4. The molecule has 2 aromatic carbocycles. The third-order valence-electron chi connectivity index (χ3n) is 2.62. The van der Waals surface area contributed by atoms with Crippen LogP contribution >= 0.6 is 27.7 Å². The molecule has 0 radical (unpaired) electrons. The van der Waals surface area contributed by atoms with Gasteiger partial charge in [-0.25, -0.2) is 0 Å². The Kier molecular flexibility index (Phi) is 4.66. The molecule has 2 aromatic rings. The van der Waals surface area contributed by atoms with Crippen molar-refractivity contribution in [1.82, 2.24) is 0 Å². The summed E-state index contributed by atoms with van der Waals surface area (Å²) < 4.78 is 1.06. The quantitative estimate of drug-likeness (QED) is 0.909. The zero-order chi connectivity index (χ0) is 13.0. The van der Waals surface area contributed by atoms with E-state index in [4.69, 9.17) is 0 Å². The largest absolute Gasteiger partial charge is 0.326 e. The summed E-state index contributed by atoms with van der Waals surface area (Å²) in [5.41, 5.74) is 0.857. The maximum Gasteiger partial charge on any atom is 0.225 e. The van der Waals surface area contributed by atoms with Gasteiger partial charge in [0.1, 0.15) is 0 Å². The molecule has 0 unspecified atom stereocenters. The number of benzene rings is 2. The van der Waals surface area contributed by atoms with Gasteiger partial charge in [-0.2, -0.15) is 11.8 Å². The molecule has 0 bridgehead atoms. The summed E-state index contributed by atoms with van der Waals surface area (Å²) in [5, 5.41) is 5.20. The van der Waals surface area contributed by atoms with Gasteiger partial charge in [0.25, 0.3) is 0 Å². The highest BCUT2D eigenvalue weighted by Gasteiger charge is 2.02. The number of hydrogen-bond acceptors (Lipinski definition) is 2. The lowest BCUT2D eigenvalue weighted by molar-refractivity contribution is -0.115. The van der Waals surface area contributed by atoms with E-state index in [9.17, 15) is 4.79 Å². The Morgan fingerprint density at radius 3 is 2.72 bits per heavy atom. The van der Waals surface area contributed by atoms with Gasteiger partial charge in [-0.1, -0.05) is 28.1 Å². The molecule has 0 saturated carbocycles. The van der Waals surface area contributed by atoms with E-state index in [0.29, 0.717) is 6.42 Å². The molecular formula is C14H14BrNOS. The molecular weight excluding hydrogens is 310 g/mol. The van der Waals surface area contributed by atoms with Crippen molar-refractivity contribution in [2.24, 2.45) is 0 Å². The second-order valence-electron chi connectivity index (χ2n) is 4.00. The number of amides is 1. The Hall–Kier alpha value is -1.00. The van der Waals surface area contributed by atoms with E-state index >= 15 is 0 Å². The van der Waals surface area contributed by atoms with Crippen LogP contribution in [0.5, 0.6) is 0 Å². The van der Waals surface area contributed by atoms with Crippen LogP contribution in [-0.4, -0.2) is 17.9 Å². The minimum atomic E-state index is 0.0702. The lowest BCUT2D eigenvalue weighted by Gasteiger charge is -2.06. The molecule has 4 heteroatoms. The summed E-state index contributed by atoms with van der Waals surface area (Å²) in [6.45, 7) is 0. The number of halogens is 1. The number of carbonyl (C=O) groups is 1. The zero-order valence-corrected chi connectivity index (χ0v) is 12.5. The fourth-order valence-electron chi connectivity index (χ4n) is 1.71. The third kappa shape index (κ3) is 3.50. The van der Waals surface area contributed by atoms with Crippen LogP contribution < -0.4 is 5.32 Å². The summed E-state index contributed by atoms with van der Waals surface area (Å²) in [5.74, 6) is 0.924. The van der Waals surface area contributed by atoms with E-state index in [1.807, 2.05) is 36.6 Å². The molecule has 2 rings (SSSR count). The monoisotopic (exact) mass is 323 g/mol. The van der Waals surface area contributed by atoms with E-state index in [2.05, 4.69) is 27.3 Å². The lowest BCUT2D eigenvalue weighted by atomic mass is 10.1. The minimum absolute atomic E-state index is 0.0702. The molecule has 0 heterocycles. The number of carbonyl (C=O) groups excluding carboxylic acids is 1. The third-order valence-corrected chi connectivity index (χ3v) is 3.72. The molecule has 18 heavy (non-hydrogen) atoms. The first-order valence-electron chi connectivity index (χ1n) is 5.67. The van der Waals surface area contributed by atoms with E-state index in [1.54, 1.807) is 11.8 Å². The Balaban J connectivity index is 2.15. The fraction of sp³-hybridized carbons (Fsp3) is 0.214. The second kappa shape index (κ2) is 6.25. The average Bonchev–Trinajstić information content (AvgIpc) is 2.36. The van der Waals surface area contributed by atoms with Crippen molar-refractivity contribution in [3.63, 3.8) is 0 Å². The van der Waals surface area contributed by atoms with Crippen LogP contribution in [0.3, 0.4) is 0 Å². The van der Waals surface area contributed by atoms with Gasteiger partial charge in [0, 0.05) is 22.3 Å². The molecule has 0 aromatic heterocycles. The van der Waals surface area contributed by atoms with Crippen molar-refractivity contribution < 1.29 is 4.79 Å². The van der Waals surface area contributed by atoms with Crippen molar-refractivity contribution in [1.29, 1.82) is 0 Å². The molecule has 1 amide bonds. The second-order valence-corrected chi connectivity index (χ2v) is 5.90. The smallest absolute Gasteiger partial charge is 0.225 e. The molecule has 94 valence electrons. The number of thioether (sulfide) groups is 1. The van der Waals surface area contributed by atoms with E-state index in [-0.39, 0.29) is 5.91 Å². The van der Waals surface area contributed by atoms with Crippen molar-refractivity contribution in [2.45, 2.75) is 6.42 Å². The van der Waals surface area contributed by atoms with Crippen LogP contribution in [0.1, 0.15) is 6.42 Å². The van der Waals surface area contributed by atoms with Gasteiger partial charge in [0.15, 0.2) is 0 Å². The highest BCUT2D eigenvalue weighted by atomic mass is 79.9. The first-order valence-corrected chi connectivity index (χ1v) is 7.86. The van der Waals surface area contributed by atoms with Gasteiger partial charge < -0.3 is 5.32 Å². The topological polar surface area (TPSA) is 29.1 Å². The summed E-state index contributed by atoms with van der Waals surface area (Å²) in [7, 11) is 0. The molecule has 0 fully saturated rings. The normalized spacial score (nSPS) is 10.6. The van der Waals surface area contributed by atoms with Crippen LogP contribution in [0.2, 0.25) is 0 Å². The van der Waals surface area contributed by atoms with Crippen molar-refractivity contribution in [3.8, 4) is 0 Å². The lowest BCUT2D eigenvalue weighted by Crippen LogP contribution is -2.11. The van der Waals surface area contributed by atoms with Crippen LogP contribution in [0.25, 0.3) is 10.8 Å². The Morgan fingerprint density at radius 1 is 1.22 bits per heavy atom. The van der Waals surface area contributed by atoms with Gasteiger partial charge >= 0.3 is 0 Å². The van der Waals surface area contributed by atoms with Gasteiger partial charge in [-0.3, -0.25) is 4.79 Å². The van der Waals surface area contributed by atoms with Gasteiger partial charge in [0.05, 0.1) is 0 Å². The molecule has 1 N–H and O–H groups in total. The van der Waals surface area contributed by atoms with Gasteiger partial charge in [0.2, 0.25) is 5.91 Å². The molecule has 0 saturated heterocycles. The summed E-state index contributed by atoms with van der Waals surface area (Å²) in [6.07, 6.45) is 2.56. The van der Waals surface area contributed by atoms with Gasteiger partial charge in [-0.05, 0) is 41.3 Å². The summed E-state index contributed by atoms with van der Waals surface area (Å²) in [6, 6.07) is 12.1. The first-order chi connectivity index (χ1) is 8.69. The van der Waals surface area contributed by atoms with Crippen molar-refractivity contribution in [3.05, 3.63) is 40.9 Å². The molecule has 0 atom stereocenters. The van der Waals surface area contributed by atoms with E-state index in [1.165, 1.54) is 0 Å². The van der Waals surface area contributed by atoms with Gasteiger partial charge in [-0.15, -0.1) is 0 Å². The number of hydrogen-bond donors (Lipinski definition) is 1. The maximum absolute atomic E-state index is 11.6. The predicted molar refractivity (Wildman–Crippen MR) is 83.3 cm³/mol. The SMILES string of the molecule is CSCCC(=O)Nc1ccc2cc(Br)ccc2c1. The summed E-state index contributed by atoms with van der Waals surface area (Å²) in [4.78, 5) is 11.6.